The highest BCUT2D eigenvalue weighted by Gasteiger charge is 2.43. The Balaban J connectivity index is 1.51. The molecule has 3 rings (SSSR count). The second-order valence-electron chi connectivity index (χ2n) is 6.74. The van der Waals surface area contributed by atoms with Crippen molar-refractivity contribution < 1.29 is 19.4 Å². The third-order valence-corrected chi connectivity index (χ3v) is 5.46. The molecule has 5 nitrogen and oxygen atoms in total. The van der Waals surface area contributed by atoms with E-state index in [2.05, 4.69) is 4.90 Å². The maximum absolute atomic E-state index is 11.3. The summed E-state index contributed by atoms with van der Waals surface area (Å²) < 4.78 is 11.5. The zero-order valence-electron chi connectivity index (χ0n) is 12.3. The summed E-state index contributed by atoms with van der Waals surface area (Å²) in [5.74, 6) is -0.936. The number of aliphatic carboxylic acids is 1. The van der Waals surface area contributed by atoms with E-state index in [-0.39, 0.29) is 5.79 Å². The van der Waals surface area contributed by atoms with Crippen molar-refractivity contribution in [2.45, 2.75) is 57.3 Å². The Kier molecular flexibility index (Phi) is 3.77. The molecule has 2 aliphatic heterocycles. The minimum atomic E-state index is -0.646. The largest absolute Gasteiger partial charge is 0.481 e. The summed E-state index contributed by atoms with van der Waals surface area (Å²) in [5.41, 5.74) is -0.524. The normalized spacial score (nSPS) is 30.6. The van der Waals surface area contributed by atoms with Gasteiger partial charge in [-0.25, -0.2) is 0 Å². The fraction of sp³-hybridized carbons (Fsp3) is 0.933. The first-order valence-corrected chi connectivity index (χ1v) is 7.78. The summed E-state index contributed by atoms with van der Waals surface area (Å²) in [6.07, 6.45) is 5.68. The number of ether oxygens (including phenoxy) is 2. The molecule has 0 aromatic heterocycles. The van der Waals surface area contributed by atoms with E-state index < -0.39 is 11.4 Å². The third kappa shape index (κ3) is 2.59. The van der Waals surface area contributed by atoms with Crippen LogP contribution in [0.1, 0.15) is 45.4 Å². The molecule has 0 aromatic carbocycles. The van der Waals surface area contributed by atoms with Gasteiger partial charge in [0, 0.05) is 18.9 Å². The van der Waals surface area contributed by atoms with Crippen molar-refractivity contribution in [3.05, 3.63) is 0 Å². The lowest BCUT2D eigenvalue weighted by atomic mass is 9.79. The summed E-state index contributed by atoms with van der Waals surface area (Å²) in [5, 5.41) is 9.28. The number of carbonyl (C=O) groups is 1. The molecule has 0 unspecified atom stereocenters. The van der Waals surface area contributed by atoms with Gasteiger partial charge in [0.25, 0.3) is 0 Å². The topological polar surface area (TPSA) is 59.0 Å². The molecule has 1 saturated carbocycles. The molecule has 1 aliphatic carbocycles. The number of piperidine rings is 1. The molecule has 20 heavy (non-hydrogen) atoms. The van der Waals surface area contributed by atoms with E-state index in [4.69, 9.17) is 9.47 Å². The highest BCUT2D eigenvalue weighted by molar-refractivity contribution is 5.74. The molecular formula is C15H25NO4. The fourth-order valence-electron chi connectivity index (χ4n) is 3.79. The highest BCUT2D eigenvalue weighted by atomic mass is 16.7. The first kappa shape index (κ1) is 14.3. The van der Waals surface area contributed by atoms with Crippen LogP contribution in [0.5, 0.6) is 0 Å². The number of hydrogen-bond acceptors (Lipinski definition) is 4. The maximum Gasteiger partial charge on any atom is 0.309 e. The highest BCUT2D eigenvalue weighted by Crippen LogP contribution is 2.39. The van der Waals surface area contributed by atoms with Crippen LogP contribution in [0.15, 0.2) is 0 Å². The van der Waals surface area contributed by atoms with Gasteiger partial charge in [0.15, 0.2) is 5.79 Å². The summed E-state index contributed by atoms with van der Waals surface area (Å²) >= 11 is 0. The van der Waals surface area contributed by atoms with Crippen LogP contribution < -0.4 is 0 Å². The Morgan fingerprint density at radius 2 is 1.65 bits per heavy atom. The zero-order valence-corrected chi connectivity index (χ0v) is 12.3. The lowest BCUT2D eigenvalue weighted by Crippen LogP contribution is -2.50. The Morgan fingerprint density at radius 1 is 1.10 bits per heavy atom. The maximum atomic E-state index is 11.3. The molecule has 3 aliphatic rings. The van der Waals surface area contributed by atoms with E-state index in [1.165, 1.54) is 0 Å². The summed E-state index contributed by atoms with van der Waals surface area (Å²) in [6.45, 7) is 5.14. The first-order valence-electron chi connectivity index (χ1n) is 7.78. The van der Waals surface area contributed by atoms with Crippen LogP contribution in [0.25, 0.3) is 0 Å². The fourth-order valence-corrected chi connectivity index (χ4v) is 3.79. The lowest BCUT2D eigenvalue weighted by molar-refractivity contribution is -0.185. The molecule has 5 heteroatoms. The Morgan fingerprint density at radius 3 is 2.15 bits per heavy atom. The van der Waals surface area contributed by atoms with E-state index in [0.717, 1.165) is 64.8 Å². The second-order valence-corrected chi connectivity index (χ2v) is 6.74. The molecule has 0 atom stereocenters. The smallest absolute Gasteiger partial charge is 0.309 e. The predicted molar refractivity (Wildman–Crippen MR) is 73.4 cm³/mol. The number of carboxylic acid groups (broad SMARTS) is 1. The van der Waals surface area contributed by atoms with Gasteiger partial charge in [-0.2, -0.15) is 0 Å². The van der Waals surface area contributed by atoms with Gasteiger partial charge in [-0.1, -0.05) is 0 Å². The van der Waals surface area contributed by atoms with Gasteiger partial charge >= 0.3 is 5.97 Å². The van der Waals surface area contributed by atoms with E-state index in [9.17, 15) is 9.90 Å². The molecule has 1 N–H and O–H groups in total. The van der Waals surface area contributed by atoms with Crippen LogP contribution in [-0.4, -0.2) is 54.1 Å². The zero-order chi connectivity index (χ0) is 14.2. The van der Waals surface area contributed by atoms with Crippen molar-refractivity contribution in [1.29, 1.82) is 0 Å². The minimum absolute atomic E-state index is 0.290. The second kappa shape index (κ2) is 5.28. The molecule has 114 valence electrons. The van der Waals surface area contributed by atoms with Gasteiger partial charge in [-0.05, 0) is 45.7 Å². The number of carboxylic acids is 1. The van der Waals surface area contributed by atoms with Crippen LogP contribution in [-0.2, 0) is 14.3 Å². The van der Waals surface area contributed by atoms with Gasteiger partial charge in [0.2, 0.25) is 0 Å². The summed E-state index contributed by atoms with van der Waals surface area (Å²) in [7, 11) is 0. The van der Waals surface area contributed by atoms with Crippen molar-refractivity contribution in [2.24, 2.45) is 5.41 Å². The molecule has 2 saturated heterocycles. The molecule has 2 heterocycles. The molecule has 3 fully saturated rings. The van der Waals surface area contributed by atoms with Crippen molar-refractivity contribution in [3.63, 3.8) is 0 Å². The monoisotopic (exact) mass is 283 g/mol. The van der Waals surface area contributed by atoms with Gasteiger partial charge in [0.05, 0.1) is 18.6 Å². The van der Waals surface area contributed by atoms with Crippen LogP contribution in [0.4, 0.5) is 0 Å². The van der Waals surface area contributed by atoms with Crippen molar-refractivity contribution in [1.82, 2.24) is 4.90 Å². The average molecular weight is 283 g/mol. The molecule has 0 radical (unpaired) electrons. The first-order chi connectivity index (χ1) is 9.53. The van der Waals surface area contributed by atoms with Gasteiger partial charge < -0.3 is 19.5 Å². The Hall–Kier alpha value is -0.650. The van der Waals surface area contributed by atoms with Gasteiger partial charge in [0.1, 0.15) is 0 Å². The number of rotatable bonds is 2. The third-order valence-electron chi connectivity index (χ3n) is 5.46. The molecule has 0 bridgehead atoms. The summed E-state index contributed by atoms with van der Waals surface area (Å²) in [4.78, 5) is 13.8. The van der Waals surface area contributed by atoms with Crippen LogP contribution in [0.3, 0.4) is 0 Å². The number of hydrogen-bond donors (Lipinski definition) is 1. The average Bonchev–Trinajstić information content (AvgIpc) is 2.89. The van der Waals surface area contributed by atoms with Crippen LogP contribution in [0, 0.1) is 5.41 Å². The Labute approximate surface area is 120 Å². The number of nitrogens with zero attached hydrogens (tertiary/aromatic N) is 1. The minimum Gasteiger partial charge on any atom is -0.481 e. The van der Waals surface area contributed by atoms with E-state index >= 15 is 0 Å². The SMILES string of the molecule is CC1(C(=O)O)CCN(C2CCC3(CC2)OCCO3)CC1. The van der Waals surface area contributed by atoms with Gasteiger partial charge in [-0.3, -0.25) is 4.79 Å². The lowest BCUT2D eigenvalue weighted by Gasteiger charge is -2.44. The van der Waals surface area contributed by atoms with Crippen LogP contribution >= 0.6 is 0 Å². The van der Waals surface area contributed by atoms with Gasteiger partial charge in [-0.15, -0.1) is 0 Å². The predicted octanol–water partition coefficient (Wildman–Crippen LogP) is 1.86. The Bertz CT molecular complexity index is 360. The summed E-state index contributed by atoms with van der Waals surface area (Å²) in [6, 6.07) is 0.576. The molecule has 0 aromatic rings. The van der Waals surface area contributed by atoms with E-state index in [1.54, 1.807) is 0 Å². The van der Waals surface area contributed by atoms with Crippen molar-refractivity contribution in [2.75, 3.05) is 26.3 Å². The molecular weight excluding hydrogens is 258 g/mol. The van der Waals surface area contributed by atoms with Crippen LogP contribution in [0.2, 0.25) is 0 Å². The molecule has 1 spiro atoms. The van der Waals surface area contributed by atoms with Crippen molar-refractivity contribution >= 4 is 5.97 Å². The number of likely N-dealkylation sites (tertiary alicyclic amines) is 1. The quantitative estimate of drug-likeness (QED) is 0.838. The standard InChI is InChI=1S/C15H25NO4/c1-14(13(17)18)6-8-16(9-7-14)12-2-4-15(5-3-12)19-10-11-20-15/h12H,2-11H2,1H3,(H,17,18). The van der Waals surface area contributed by atoms with Crippen molar-refractivity contribution in [3.8, 4) is 0 Å². The van der Waals surface area contributed by atoms with E-state index in [0.29, 0.717) is 6.04 Å². The van der Waals surface area contributed by atoms with E-state index in [1.807, 2.05) is 6.92 Å². The molecule has 0 amide bonds.